The van der Waals surface area contributed by atoms with Gasteiger partial charge in [-0.1, -0.05) is 58.4 Å². The van der Waals surface area contributed by atoms with Crippen LogP contribution in [0.3, 0.4) is 0 Å². The molecule has 0 aliphatic heterocycles. The van der Waals surface area contributed by atoms with E-state index in [1.54, 1.807) is 0 Å². The lowest BCUT2D eigenvalue weighted by Gasteiger charge is -2.15. The zero-order valence-electron chi connectivity index (χ0n) is 11.5. The zero-order chi connectivity index (χ0) is 14.2. The van der Waals surface area contributed by atoms with Crippen LogP contribution in [-0.2, 0) is 17.8 Å². The first-order valence-corrected chi connectivity index (χ1v) is 7.63. The van der Waals surface area contributed by atoms with Gasteiger partial charge in [0.15, 0.2) is 0 Å². The third-order valence-electron chi connectivity index (χ3n) is 3.24. The number of rotatable bonds is 7. The van der Waals surface area contributed by atoms with Crippen LogP contribution in [0.4, 0.5) is 0 Å². The SMILES string of the molecule is NCC(COCc1ccccc1)Cc1ccc(Br)cc1. The maximum atomic E-state index is 5.84. The fourth-order valence-electron chi connectivity index (χ4n) is 2.08. The Labute approximate surface area is 129 Å². The van der Waals surface area contributed by atoms with Crippen molar-refractivity contribution in [1.82, 2.24) is 0 Å². The van der Waals surface area contributed by atoms with Gasteiger partial charge in [-0.05, 0) is 42.1 Å². The van der Waals surface area contributed by atoms with Crippen molar-refractivity contribution in [3.63, 3.8) is 0 Å². The van der Waals surface area contributed by atoms with Gasteiger partial charge in [-0.2, -0.15) is 0 Å². The van der Waals surface area contributed by atoms with Crippen molar-refractivity contribution in [2.45, 2.75) is 13.0 Å². The molecule has 0 saturated heterocycles. The molecule has 3 heteroatoms. The highest BCUT2D eigenvalue weighted by Crippen LogP contribution is 2.14. The van der Waals surface area contributed by atoms with Gasteiger partial charge in [0.2, 0.25) is 0 Å². The predicted octanol–water partition coefficient (Wildman–Crippen LogP) is 3.78. The summed E-state index contributed by atoms with van der Waals surface area (Å²) in [7, 11) is 0. The third-order valence-corrected chi connectivity index (χ3v) is 3.76. The monoisotopic (exact) mass is 333 g/mol. The van der Waals surface area contributed by atoms with Gasteiger partial charge in [-0.15, -0.1) is 0 Å². The van der Waals surface area contributed by atoms with Crippen LogP contribution < -0.4 is 5.73 Å². The van der Waals surface area contributed by atoms with Crippen molar-refractivity contribution < 1.29 is 4.74 Å². The average molecular weight is 334 g/mol. The van der Waals surface area contributed by atoms with Crippen LogP contribution in [0.1, 0.15) is 11.1 Å². The Bertz CT molecular complexity index is 498. The Morgan fingerprint density at radius 3 is 2.30 bits per heavy atom. The molecule has 0 aromatic heterocycles. The molecule has 2 rings (SSSR count). The summed E-state index contributed by atoms with van der Waals surface area (Å²) in [5.74, 6) is 0.361. The van der Waals surface area contributed by atoms with Crippen LogP contribution in [-0.4, -0.2) is 13.2 Å². The molecule has 0 spiro atoms. The summed E-state index contributed by atoms with van der Waals surface area (Å²) in [5.41, 5.74) is 8.34. The molecular weight excluding hydrogens is 314 g/mol. The van der Waals surface area contributed by atoms with Crippen molar-refractivity contribution in [2.24, 2.45) is 11.7 Å². The van der Waals surface area contributed by atoms with E-state index in [9.17, 15) is 0 Å². The lowest BCUT2D eigenvalue weighted by molar-refractivity contribution is 0.0892. The molecule has 0 bridgehead atoms. The number of hydrogen-bond donors (Lipinski definition) is 1. The molecule has 0 fully saturated rings. The minimum Gasteiger partial charge on any atom is -0.376 e. The van der Waals surface area contributed by atoms with Crippen LogP contribution in [0.15, 0.2) is 59.1 Å². The Kier molecular flexibility index (Phi) is 6.25. The van der Waals surface area contributed by atoms with Crippen LogP contribution >= 0.6 is 15.9 Å². The van der Waals surface area contributed by atoms with Gasteiger partial charge in [-0.3, -0.25) is 0 Å². The predicted molar refractivity (Wildman–Crippen MR) is 86.5 cm³/mol. The van der Waals surface area contributed by atoms with Crippen molar-refractivity contribution in [3.8, 4) is 0 Å². The standard InChI is InChI=1S/C17H20BrNO/c18-17-8-6-14(7-9-17)10-16(11-19)13-20-12-15-4-2-1-3-5-15/h1-9,16H,10-13,19H2. The molecule has 0 saturated carbocycles. The number of benzene rings is 2. The van der Waals surface area contributed by atoms with E-state index in [0.717, 1.165) is 10.9 Å². The summed E-state index contributed by atoms with van der Waals surface area (Å²) < 4.78 is 6.88. The smallest absolute Gasteiger partial charge is 0.0717 e. The molecule has 20 heavy (non-hydrogen) atoms. The highest BCUT2D eigenvalue weighted by Gasteiger charge is 2.08. The lowest BCUT2D eigenvalue weighted by Crippen LogP contribution is -2.22. The highest BCUT2D eigenvalue weighted by molar-refractivity contribution is 9.10. The molecular formula is C17H20BrNO. The molecule has 0 aliphatic carbocycles. The largest absolute Gasteiger partial charge is 0.376 e. The Balaban J connectivity index is 1.79. The molecule has 2 aromatic carbocycles. The number of ether oxygens (including phenoxy) is 1. The first-order chi connectivity index (χ1) is 9.78. The minimum atomic E-state index is 0.361. The zero-order valence-corrected chi connectivity index (χ0v) is 13.1. The van der Waals surface area contributed by atoms with Gasteiger partial charge in [-0.25, -0.2) is 0 Å². The summed E-state index contributed by atoms with van der Waals surface area (Å²) >= 11 is 3.45. The van der Waals surface area contributed by atoms with Crippen LogP contribution in [0.2, 0.25) is 0 Å². The molecule has 2 nitrogen and oxygen atoms in total. The maximum absolute atomic E-state index is 5.84. The molecule has 0 amide bonds. The van der Waals surface area contributed by atoms with Gasteiger partial charge in [0.25, 0.3) is 0 Å². The Morgan fingerprint density at radius 2 is 1.65 bits per heavy atom. The molecule has 1 atom stereocenters. The van der Waals surface area contributed by atoms with Crippen molar-refractivity contribution in [1.29, 1.82) is 0 Å². The van der Waals surface area contributed by atoms with Crippen molar-refractivity contribution in [3.05, 3.63) is 70.2 Å². The normalized spacial score (nSPS) is 12.3. The van der Waals surface area contributed by atoms with Crippen molar-refractivity contribution >= 4 is 15.9 Å². The molecule has 0 heterocycles. The van der Waals surface area contributed by atoms with Crippen molar-refractivity contribution in [2.75, 3.05) is 13.2 Å². The number of nitrogens with two attached hydrogens (primary N) is 1. The second kappa shape index (κ2) is 8.20. The molecule has 2 aromatic rings. The van der Waals surface area contributed by atoms with E-state index in [1.165, 1.54) is 11.1 Å². The van der Waals surface area contributed by atoms with Crippen LogP contribution in [0.5, 0.6) is 0 Å². The summed E-state index contributed by atoms with van der Waals surface area (Å²) in [6, 6.07) is 18.6. The Hall–Kier alpha value is -1.16. The summed E-state index contributed by atoms with van der Waals surface area (Å²) in [6.07, 6.45) is 0.957. The summed E-state index contributed by atoms with van der Waals surface area (Å²) in [6.45, 7) is 1.99. The van der Waals surface area contributed by atoms with E-state index < -0.39 is 0 Å². The lowest BCUT2D eigenvalue weighted by atomic mass is 10.0. The summed E-state index contributed by atoms with van der Waals surface area (Å²) in [5, 5.41) is 0. The first-order valence-electron chi connectivity index (χ1n) is 6.84. The number of hydrogen-bond acceptors (Lipinski definition) is 2. The van der Waals surface area contributed by atoms with Gasteiger partial charge in [0.05, 0.1) is 13.2 Å². The second-order valence-corrected chi connectivity index (χ2v) is 5.85. The summed E-state index contributed by atoms with van der Waals surface area (Å²) in [4.78, 5) is 0. The fraction of sp³-hybridized carbons (Fsp3) is 0.294. The van der Waals surface area contributed by atoms with E-state index in [4.69, 9.17) is 10.5 Å². The van der Waals surface area contributed by atoms with E-state index in [0.29, 0.717) is 25.7 Å². The third kappa shape index (κ3) is 5.08. The van der Waals surface area contributed by atoms with Gasteiger partial charge in [0.1, 0.15) is 0 Å². The van der Waals surface area contributed by atoms with Gasteiger partial charge >= 0.3 is 0 Å². The quantitative estimate of drug-likeness (QED) is 0.836. The van der Waals surface area contributed by atoms with Crippen LogP contribution in [0.25, 0.3) is 0 Å². The molecule has 0 radical (unpaired) electrons. The molecule has 0 aliphatic rings. The van der Waals surface area contributed by atoms with E-state index >= 15 is 0 Å². The minimum absolute atomic E-state index is 0.361. The van der Waals surface area contributed by atoms with E-state index in [-0.39, 0.29) is 0 Å². The molecule has 1 unspecified atom stereocenters. The van der Waals surface area contributed by atoms with Gasteiger partial charge in [0, 0.05) is 4.47 Å². The number of halogens is 1. The van der Waals surface area contributed by atoms with E-state index in [1.807, 2.05) is 18.2 Å². The Morgan fingerprint density at radius 1 is 0.950 bits per heavy atom. The first kappa shape index (κ1) is 15.2. The van der Waals surface area contributed by atoms with Crippen LogP contribution in [0, 0.1) is 5.92 Å². The maximum Gasteiger partial charge on any atom is 0.0717 e. The van der Waals surface area contributed by atoms with Gasteiger partial charge < -0.3 is 10.5 Å². The highest BCUT2D eigenvalue weighted by atomic mass is 79.9. The van der Waals surface area contributed by atoms with E-state index in [2.05, 4.69) is 52.3 Å². The molecule has 2 N–H and O–H groups in total. The molecule has 106 valence electrons. The second-order valence-electron chi connectivity index (χ2n) is 4.93. The fourth-order valence-corrected chi connectivity index (χ4v) is 2.35. The average Bonchev–Trinajstić information content (AvgIpc) is 2.49. The topological polar surface area (TPSA) is 35.2 Å².